The van der Waals surface area contributed by atoms with Gasteiger partial charge in [0.1, 0.15) is 0 Å². The number of urea groups is 1. The summed E-state index contributed by atoms with van der Waals surface area (Å²) in [5.41, 5.74) is 0. The van der Waals surface area contributed by atoms with Gasteiger partial charge in [0, 0.05) is 32.2 Å². The second kappa shape index (κ2) is 6.43. The molecule has 0 spiro atoms. The zero-order chi connectivity index (χ0) is 14.7. The van der Waals surface area contributed by atoms with Crippen LogP contribution in [0.4, 0.5) is 4.79 Å². The fraction of sp³-hybridized carbons (Fsp3) is 0.857. The van der Waals surface area contributed by atoms with Crippen molar-refractivity contribution in [2.75, 3.05) is 39.8 Å². The van der Waals surface area contributed by atoms with Gasteiger partial charge < -0.3 is 19.8 Å². The Kier molecular flexibility index (Phi) is 4.86. The van der Waals surface area contributed by atoms with Crippen molar-refractivity contribution >= 4 is 12.0 Å². The third-order valence-electron chi connectivity index (χ3n) is 4.46. The van der Waals surface area contributed by atoms with Crippen LogP contribution in [-0.4, -0.2) is 77.6 Å². The average Bonchev–Trinajstić information content (AvgIpc) is 2.62. The number of carbonyl (C=O) groups is 2. The van der Waals surface area contributed by atoms with Crippen LogP contribution < -0.4 is 0 Å². The quantitative estimate of drug-likeness (QED) is 0.777. The molecule has 0 radical (unpaired) electrons. The number of rotatable bonds is 1. The molecular weight excluding hydrogens is 258 g/mol. The molecule has 6 heteroatoms. The van der Waals surface area contributed by atoms with Gasteiger partial charge in [-0.1, -0.05) is 0 Å². The van der Waals surface area contributed by atoms with Crippen molar-refractivity contribution in [3.63, 3.8) is 0 Å². The van der Waals surface area contributed by atoms with E-state index in [0.717, 1.165) is 32.6 Å². The average molecular weight is 283 g/mol. The van der Waals surface area contributed by atoms with Gasteiger partial charge in [0.05, 0.1) is 5.92 Å². The highest BCUT2D eigenvalue weighted by atomic mass is 16.4. The summed E-state index contributed by atoms with van der Waals surface area (Å²) in [6.07, 6.45) is 2.14. The standard InChI is InChI=1S/C14H25N3O3/c1-11-10-12(13(18)19)4-7-17(11)14(20)16-6-3-5-15(2)8-9-16/h11-12H,3-10H2,1-2H3,(H,18,19). The second-order valence-corrected chi connectivity index (χ2v) is 6.03. The Morgan fingerprint density at radius 2 is 1.85 bits per heavy atom. The van der Waals surface area contributed by atoms with Gasteiger partial charge in [-0.2, -0.15) is 0 Å². The number of piperidine rings is 1. The van der Waals surface area contributed by atoms with E-state index in [2.05, 4.69) is 11.9 Å². The molecule has 1 N–H and O–H groups in total. The summed E-state index contributed by atoms with van der Waals surface area (Å²) in [6, 6.07) is 0.0926. The molecule has 2 aliphatic heterocycles. The molecule has 2 aliphatic rings. The van der Waals surface area contributed by atoms with Crippen molar-refractivity contribution in [1.29, 1.82) is 0 Å². The molecule has 2 unspecified atom stereocenters. The van der Waals surface area contributed by atoms with Gasteiger partial charge >= 0.3 is 12.0 Å². The van der Waals surface area contributed by atoms with Crippen molar-refractivity contribution in [2.45, 2.75) is 32.2 Å². The van der Waals surface area contributed by atoms with Crippen LogP contribution in [0.15, 0.2) is 0 Å². The van der Waals surface area contributed by atoms with E-state index < -0.39 is 5.97 Å². The van der Waals surface area contributed by atoms with Gasteiger partial charge in [-0.05, 0) is 39.8 Å². The molecule has 2 atom stereocenters. The molecule has 0 aliphatic carbocycles. The summed E-state index contributed by atoms with van der Waals surface area (Å²) >= 11 is 0. The van der Waals surface area contributed by atoms with Crippen molar-refractivity contribution in [2.24, 2.45) is 5.92 Å². The van der Waals surface area contributed by atoms with E-state index in [0.29, 0.717) is 19.4 Å². The summed E-state index contributed by atoms with van der Waals surface area (Å²) in [5.74, 6) is -1.04. The lowest BCUT2D eigenvalue weighted by Gasteiger charge is -2.39. The third kappa shape index (κ3) is 3.42. The van der Waals surface area contributed by atoms with Gasteiger partial charge in [0.2, 0.25) is 0 Å². The number of hydrogen-bond acceptors (Lipinski definition) is 3. The van der Waals surface area contributed by atoms with Crippen molar-refractivity contribution in [3.8, 4) is 0 Å². The third-order valence-corrected chi connectivity index (χ3v) is 4.46. The first-order chi connectivity index (χ1) is 9.49. The minimum Gasteiger partial charge on any atom is -0.481 e. The topological polar surface area (TPSA) is 64.1 Å². The first-order valence-electron chi connectivity index (χ1n) is 7.46. The zero-order valence-corrected chi connectivity index (χ0v) is 12.4. The van der Waals surface area contributed by atoms with Gasteiger partial charge in [0.25, 0.3) is 0 Å². The predicted molar refractivity (Wildman–Crippen MR) is 75.6 cm³/mol. The van der Waals surface area contributed by atoms with E-state index in [4.69, 9.17) is 5.11 Å². The Morgan fingerprint density at radius 1 is 1.10 bits per heavy atom. The number of carboxylic acids is 1. The van der Waals surface area contributed by atoms with Gasteiger partial charge in [-0.15, -0.1) is 0 Å². The van der Waals surface area contributed by atoms with Crippen LogP contribution >= 0.6 is 0 Å². The van der Waals surface area contributed by atoms with E-state index in [1.165, 1.54) is 0 Å². The maximum atomic E-state index is 12.6. The number of likely N-dealkylation sites (tertiary alicyclic amines) is 1. The number of aliphatic carboxylic acids is 1. The number of likely N-dealkylation sites (N-methyl/N-ethyl adjacent to an activating group) is 1. The molecule has 0 aromatic carbocycles. The Bertz CT molecular complexity index is 375. The van der Waals surface area contributed by atoms with Crippen LogP contribution in [0.3, 0.4) is 0 Å². The zero-order valence-electron chi connectivity index (χ0n) is 12.4. The molecular formula is C14H25N3O3. The lowest BCUT2D eigenvalue weighted by molar-refractivity contribution is -0.143. The monoisotopic (exact) mass is 283 g/mol. The van der Waals surface area contributed by atoms with E-state index >= 15 is 0 Å². The molecule has 114 valence electrons. The Balaban J connectivity index is 1.94. The Hall–Kier alpha value is -1.30. The Morgan fingerprint density at radius 3 is 2.50 bits per heavy atom. The number of nitrogens with zero attached hydrogens (tertiary/aromatic N) is 3. The largest absolute Gasteiger partial charge is 0.481 e. The lowest BCUT2D eigenvalue weighted by atomic mass is 9.92. The van der Waals surface area contributed by atoms with E-state index in [1.807, 2.05) is 16.7 Å². The fourth-order valence-electron chi connectivity index (χ4n) is 3.10. The molecule has 2 fully saturated rings. The fourth-order valence-corrected chi connectivity index (χ4v) is 3.10. The van der Waals surface area contributed by atoms with Gasteiger partial charge in [0.15, 0.2) is 0 Å². The Labute approximate surface area is 120 Å². The molecule has 0 aromatic rings. The van der Waals surface area contributed by atoms with Crippen LogP contribution in [0, 0.1) is 5.92 Å². The molecule has 2 heterocycles. The summed E-state index contributed by atoms with van der Waals surface area (Å²) in [7, 11) is 2.08. The van der Waals surface area contributed by atoms with E-state index in [9.17, 15) is 9.59 Å². The molecule has 0 saturated carbocycles. The van der Waals surface area contributed by atoms with Crippen molar-refractivity contribution in [1.82, 2.24) is 14.7 Å². The van der Waals surface area contributed by atoms with Crippen LogP contribution in [0.1, 0.15) is 26.2 Å². The molecule has 6 nitrogen and oxygen atoms in total. The predicted octanol–water partition coefficient (Wildman–Crippen LogP) is 0.929. The van der Waals surface area contributed by atoms with Crippen molar-refractivity contribution < 1.29 is 14.7 Å². The smallest absolute Gasteiger partial charge is 0.320 e. The van der Waals surface area contributed by atoms with Crippen LogP contribution in [0.25, 0.3) is 0 Å². The minimum atomic E-state index is -0.736. The highest BCUT2D eigenvalue weighted by molar-refractivity contribution is 5.76. The van der Waals surface area contributed by atoms with Gasteiger partial charge in [-0.3, -0.25) is 4.79 Å². The number of hydrogen-bond donors (Lipinski definition) is 1. The summed E-state index contributed by atoms with van der Waals surface area (Å²) < 4.78 is 0. The second-order valence-electron chi connectivity index (χ2n) is 6.03. The van der Waals surface area contributed by atoms with Crippen LogP contribution in [0.2, 0.25) is 0 Å². The minimum absolute atomic E-state index is 0.0123. The van der Waals surface area contributed by atoms with Crippen molar-refractivity contribution in [3.05, 3.63) is 0 Å². The summed E-state index contributed by atoms with van der Waals surface area (Å²) in [6.45, 7) is 6.02. The van der Waals surface area contributed by atoms with E-state index in [-0.39, 0.29) is 18.0 Å². The highest BCUT2D eigenvalue weighted by Gasteiger charge is 2.34. The van der Waals surface area contributed by atoms with Crippen LogP contribution in [-0.2, 0) is 4.79 Å². The van der Waals surface area contributed by atoms with Crippen LogP contribution in [0.5, 0.6) is 0 Å². The number of carbonyl (C=O) groups excluding carboxylic acids is 1. The highest BCUT2D eigenvalue weighted by Crippen LogP contribution is 2.24. The first-order valence-corrected chi connectivity index (χ1v) is 7.46. The maximum absolute atomic E-state index is 12.6. The van der Waals surface area contributed by atoms with Gasteiger partial charge in [-0.25, -0.2) is 4.79 Å². The molecule has 2 saturated heterocycles. The lowest BCUT2D eigenvalue weighted by Crippen LogP contribution is -2.52. The molecule has 2 amide bonds. The number of amides is 2. The summed E-state index contributed by atoms with van der Waals surface area (Å²) in [5, 5.41) is 9.08. The van der Waals surface area contributed by atoms with E-state index in [1.54, 1.807) is 0 Å². The SMILES string of the molecule is CC1CC(C(=O)O)CCN1C(=O)N1CCCN(C)CC1. The molecule has 0 bridgehead atoms. The molecule has 20 heavy (non-hydrogen) atoms. The first kappa shape index (κ1) is 15.1. The molecule has 0 aromatic heterocycles. The normalized spacial score (nSPS) is 29.1. The number of carboxylic acid groups (broad SMARTS) is 1. The summed E-state index contributed by atoms with van der Waals surface area (Å²) in [4.78, 5) is 29.6. The maximum Gasteiger partial charge on any atom is 0.320 e. The molecule has 2 rings (SSSR count).